The molecule has 0 saturated heterocycles. The van der Waals surface area contributed by atoms with Gasteiger partial charge in [0.15, 0.2) is 0 Å². The van der Waals surface area contributed by atoms with Crippen LogP contribution in [0.1, 0.15) is 44.9 Å². The number of nitrogens with one attached hydrogen (secondary N) is 1. The van der Waals surface area contributed by atoms with Gasteiger partial charge in [0, 0.05) is 18.6 Å². The van der Waals surface area contributed by atoms with Gasteiger partial charge in [0.25, 0.3) is 0 Å². The molecule has 1 aromatic rings. The van der Waals surface area contributed by atoms with Crippen LogP contribution in [0.5, 0.6) is 0 Å². The van der Waals surface area contributed by atoms with E-state index < -0.39 is 0 Å². The molecule has 112 valence electrons. The molecular formula is C18H30N2. The lowest BCUT2D eigenvalue weighted by molar-refractivity contribution is 0.194. The summed E-state index contributed by atoms with van der Waals surface area (Å²) in [5.74, 6) is 0.664. The number of nitrogens with zero attached hydrogens (tertiary/aromatic N) is 1. The van der Waals surface area contributed by atoms with Gasteiger partial charge in [-0.2, -0.15) is 0 Å². The highest BCUT2D eigenvalue weighted by Crippen LogP contribution is 2.44. The largest absolute Gasteiger partial charge is 0.308 e. The molecule has 2 rings (SSSR count). The van der Waals surface area contributed by atoms with Crippen molar-refractivity contribution in [3.63, 3.8) is 0 Å². The Kier molecular flexibility index (Phi) is 4.55. The van der Waals surface area contributed by atoms with E-state index in [1.54, 1.807) is 0 Å². The fraction of sp³-hybridized carbons (Fsp3) is 0.667. The molecule has 0 saturated carbocycles. The van der Waals surface area contributed by atoms with Crippen molar-refractivity contribution in [1.82, 2.24) is 10.2 Å². The number of benzene rings is 1. The van der Waals surface area contributed by atoms with E-state index in [0.29, 0.717) is 23.4 Å². The standard InChI is InChI=1S/C18H30N2/c1-13(2)16(20(5)6)12-19-17-15-10-8-7-9-14(15)11-18(17,3)4/h7-10,13,16-17,19H,11-12H2,1-6H3. The van der Waals surface area contributed by atoms with Crippen molar-refractivity contribution in [2.24, 2.45) is 11.3 Å². The molecule has 1 aliphatic carbocycles. The van der Waals surface area contributed by atoms with Crippen LogP contribution in [-0.2, 0) is 6.42 Å². The Morgan fingerprint density at radius 2 is 1.90 bits per heavy atom. The minimum absolute atomic E-state index is 0.303. The third-order valence-corrected chi connectivity index (χ3v) is 4.76. The van der Waals surface area contributed by atoms with E-state index in [0.717, 1.165) is 6.54 Å². The van der Waals surface area contributed by atoms with E-state index in [1.807, 2.05) is 0 Å². The first-order valence-corrected chi connectivity index (χ1v) is 7.80. The number of rotatable bonds is 5. The molecule has 2 unspecified atom stereocenters. The molecule has 20 heavy (non-hydrogen) atoms. The Labute approximate surface area is 124 Å². The highest BCUT2D eigenvalue weighted by atomic mass is 15.1. The maximum Gasteiger partial charge on any atom is 0.0378 e. The lowest BCUT2D eigenvalue weighted by Crippen LogP contribution is -2.44. The Hall–Kier alpha value is -0.860. The highest BCUT2D eigenvalue weighted by Gasteiger charge is 2.38. The van der Waals surface area contributed by atoms with Crippen molar-refractivity contribution in [2.75, 3.05) is 20.6 Å². The first kappa shape index (κ1) is 15.5. The zero-order chi connectivity index (χ0) is 14.9. The average molecular weight is 274 g/mol. The Morgan fingerprint density at radius 3 is 2.50 bits per heavy atom. The van der Waals surface area contributed by atoms with Crippen LogP contribution >= 0.6 is 0 Å². The number of hydrogen-bond donors (Lipinski definition) is 1. The second-order valence-corrected chi connectivity index (χ2v) is 7.48. The normalized spacial score (nSPS) is 22.3. The predicted octanol–water partition coefficient (Wildman–Crippen LogP) is 3.49. The number of likely N-dealkylation sites (N-methyl/N-ethyl adjacent to an activating group) is 1. The summed E-state index contributed by atoms with van der Waals surface area (Å²) in [6, 6.07) is 9.96. The maximum atomic E-state index is 3.85. The monoisotopic (exact) mass is 274 g/mol. The zero-order valence-electron chi connectivity index (χ0n) is 13.9. The van der Waals surface area contributed by atoms with Crippen molar-refractivity contribution >= 4 is 0 Å². The van der Waals surface area contributed by atoms with Crippen molar-refractivity contribution < 1.29 is 0 Å². The van der Waals surface area contributed by atoms with Crippen LogP contribution < -0.4 is 5.32 Å². The first-order valence-electron chi connectivity index (χ1n) is 7.80. The van der Waals surface area contributed by atoms with E-state index >= 15 is 0 Å². The molecule has 0 radical (unpaired) electrons. The molecule has 0 heterocycles. The van der Waals surface area contributed by atoms with Gasteiger partial charge in [-0.1, -0.05) is 52.0 Å². The fourth-order valence-electron chi connectivity index (χ4n) is 3.63. The first-order chi connectivity index (χ1) is 9.33. The van der Waals surface area contributed by atoms with E-state index in [4.69, 9.17) is 0 Å². The summed E-state index contributed by atoms with van der Waals surface area (Å²) < 4.78 is 0. The second-order valence-electron chi connectivity index (χ2n) is 7.48. The third kappa shape index (κ3) is 3.07. The van der Waals surface area contributed by atoms with Crippen LogP contribution in [-0.4, -0.2) is 31.6 Å². The van der Waals surface area contributed by atoms with Crippen LogP contribution in [0, 0.1) is 11.3 Å². The summed E-state index contributed by atoms with van der Waals surface area (Å²) in [6.45, 7) is 10.4. The van der Waals surface area contributed by atoms with E-state index in [9.17, 15) is 0 Å². The molecule has 2 heteroatoms. The van der Waals surface area contributed by atoms with Gasteiger partial charge in [0.1, 0.15) is 0 Å². The van der Waals surface area contributed by atoms with Gasteiger partial charge in [0.05, 0.1) is 0 Å². The number of fused-ring (bicyclic) bond motifs is 1. The summed E-state index contributed by atoms with van der Waals surface area (Å²) in [5, 5.41) is 3.85. The van der Waals surface area contributed by atoms with Crippen LogP contribution in [0.2, 0.25) is 0 Å². The van der Waals surface area contributed by atoms with Gasteiger partial charge in [0.2, 0.25) is 0 Å². The smallest absolute Gasteiger partial charge is 0.0378 e. The fourth-order valence-corrected chi connectivity index (χ4v) is 3.63. The summed E-state index contributed by atoms with van der Waals surface area (Å²) in [7, 11) is 4.36. The summed E-state index contributed by atoms with van der Waals surface area (Å²) in [5.41, 5.74) is 3.32. The van der Waals surface area contributed by atoms with Crippen LogP contribution in [0.25, 0.3) is 0 Å². The molecule has 0 aromatic heterocycles. The van der Waals surface area contributed by atoms with Gasteiger partial charge in [-0.3, -0.25) is 0 Å². The molecular weight excluding hydrogens is 244 g/mol. The average Bonchev–Trinajstić information content (AvgIpc) is 2.59. The van der Waals surface area contributed by atoms with Crippen LogP contribution in [0.15, 0.2) is 24.3 Å². The van der Waals surface area contributed by atoms with Crippen molar-refractivity contribution in [3.8, 4) is 0 Å². The minimum atomic E-state index is 0.303. The molecule has 1 N–H and O–H groups in total. The molecule has 0 aliphatic heterocycles. The summed E-state index contributed by atoms with van der Waals surface area (Å²) >= 11 is 0. The lowest BCUT2D eigenvalue weighted by atomic mass is 9.85. The van der Waals surface area contributed by atoms with E-state index in [2.05, 4.69) is 76.3 Å². The van der Waals surface area contributed by atoms with E-state index in [1.165, 1.54) is 17.5 Å². The minimum Gasteiger partial charge on any atom is -0.308 e. The van der Waals surface area contributed by atoms with Gasteiger partial charge >= 0.3 is 0 Å². The number of hydrogen-bond acceptors (Lipinski definition) is 2. The Morgan fingerprint density at radius 1 is 1.25 bits per heavy atom. The SMILES string of the molecule is CC(C)C(CNC1c2ccccc2CC1(C)C)N(C)C. The second kappa shape index (κ2) is 5.87. The third-order valence-electron chi connectivity index (χ3n) is 4.76. The van der Waals surface area contributed by atoms with Gasteiger partial charge < -0.3 is 10.2 Å². The van der Waals surface area contributed by atoms with Gasteiger partial charge in [-0.15, -0.1) is 0 Å². The highest BCUT2D eigenvalue weighted by molar-refractivity contribution is 5.37. The predicted molar refractivity (Wildman–Crippen MR) is 87.0 cm³/mol. The molecule has 2 nitrogen and oxygen atoms in total. The van der Waals surface area contributed by atoms with Gasteiger partial charge in [-0.05, 0) is 43.0 Å². The Bertz CT molecular complexity index is 440. The molecule has 0 bridgehead atoms. The lowest BCUT2D eigenvalue weighted by Gasteiger charge is -2.34. The maximum absolute atomic E-state index is 3.85. The molecule has 0 amide bonds. The molecule has 2 atom stereocenters. The van der Waals surface area contributed by atoms with Gasteiger partial charge in [-0.25, -0.2) is 0 Å². The Balaban J connectivity index is 2.12. The van der Waals surface area contributed by atoms with E-state index in [-0.39, 0.29) is 0 Å². The topological polar surface area (TPSA) is 15.3 Å². The van der Waals surface area contributed by atoms with Crippen molar-refractivity contribution in [1.29, 1.82) is 0 Å². The van der Waals surface area contributed by atoms with Crippen molar-refractivity contribution in [2.45, 2.75) is 46.2 Å². The molecule has 1 aromatic carbocycles. The molecule has 0 spiro atoms. The quantitative estimate of drug-likeness (QED) is 0.884. The summed E-state index contributed by atoms with van der Waals surface area (Å²) in [4.78, 5) is 2.34. The molecule has 1 aliphatic rings. The van der Waals surface area contributed by atoms with Crippen LogP contribution in [0.3, 0.4) is 0 Å². The zero-order valence-corrected chi connectivity index (χ0v) is 13.9. The van der Waals surface area contributed by atoms with Crippen LogP contribution in [0.4, 0.5) is 0 Å². The summed E-state index contributed by atoms with van der Waals surface area (Å²) in [6.07, 6.45) is 1.18. The molecule has 0 fully saturated rings. The van der Waals surface area contributed by atoms with Crippen molar-refractivity contribution in [3.05, 3.63) is 35.4 Å².